The molecule has 0 radical (unpaired) electrons. The van der Waals surface area contributed by atoms with Gasteiger partial charge in [-0.2, -0.15) is 0 Å². The van der Waals surface area contributed by atoms with Crippen molar-refractivity contribution in [2.75, 3.05) is 26.0 Å². The van der Waals surface area contributed by atoms with Crippen LogP contribution < -0.4 is 9.46 Å². The average molecular weight is 361 g/mol. The van der Waals surface area contributed by atoms with Gasteiger partial charge in [0.05, 0.1) is 6.26 Å². The molecule has 0 atom stereocenters. The molecule has 1 heterocycles. The summed E-state index contributed by atoms with van der Waals surface area (Å²) in [6, 6.07) is 5.14. The number of piperidine rings is 1. The molecule has 8 heteroatoms. The fraction of sp³-hybridized carbons (Fsp3) is 0.533. The molecular weight excluding hydrogens is 340 g/mol. The van der Waals surface area contributed by atoms with Crippen molar-refractivity contribution in [2.45, 2.75) is 25.8 Å². The van der Waals surface area contributed by atoms with E-state index >= 15 is 0 Å². The van der Waals surface area contributed by atoms with Crippen LogP contribution in [0.3, 0.4) is 0 Å². The summed E-state index contributed by atoms with van der Waals surface area (Å²) in [4.78, 5) is 13.9. The number of hydrogen-bond acceptors (Lipinski definition) is 4. The molecule has 128 valence electrons. The van der Waals surface area contributed by atoms with Gasteiger partial charge in [0.15, 0.2) is 6.61 Å². The molecule has 1 aliphatic heterocycles. The van der Waals surface area contributed by atoms with E-state index in [0.29, 0.717) is 36.7 Å². The van der Waals surface area contributed by atoms with Crippen LogP contribution in [0.2, 0.25) is 5.02 Å². The molecule has 0 unspecified atom stereocenters. The third-order valence-corrected chi connectivity index (χ3v) is 4.71. The molecule has 0 aromatic heterocycles. The minimum atomic E-state index is -3.20. The molecule has 1 aromatic rings. The predicted octanol–water partition coefficient (Wildman–Crippen LogP) is 1.57. The zero-order chi connectivity index (χ0) is 17.0. The maximum Gasteiger partial charge on any atom is 0.260 e. The Morgan fingerprint density at radius 2 is 2.04 bits per heavy atom. The Kier molecular flexibility index (Phi) is 5.89. The van der Waals surface area contributed by atoms with E-state index in [2.05, 4.69) is 4.72 Å². The van der Waals surface area contributed by atoms with E-state index in [1.807, 2.05) is 6.92 Å². The molecule has 0 aliphatic carbocycles. The van der Waals surface area contributed by atoms with Gasteiger partial charge in [0.1, 0.15) is 5.75 Å². The summed E-state index contributed by atoms with van der Waals surface area (Å²) in [6.07, 6.45) is 2.37. The molecule has 1 saturated heterocycles. The van der Waals surface area contributed by atoms with E-state index in [1.165, 1.54) is 0 Å². The summed E-state index contributed by atoms with van der Waals surface area (Å²) in [5, 5.41) is 0.627. The van der Waals surface area contributed by atoms with Gasteiger partial charge in [-0.25, -0.2) is 13.1 Å². The van der Waals surface area contributed by atoms with Crippen LogP contribution >= 0.6 is 11.6 Å². The summed E-state index contributed by atoms with van der Waals surface area (Å²) in [5.41, 5.74) is 0.876. The Labute approximate surface area is 141 Å². The summed E-state index contributed by atoms with van der Waals surface area (Å²) < 4.78 is 30.5. The van der Waals surface area contributed by atoms with Gasteiger partial charge < -0.3 is 9.64 Å². The SMILES string of the molecule is Cc1cc(Cl)ccc1OCC(=O)N1CCC(NS(C)(=O)=O)CC1. The molecule has 23 heavy (non-hydrogen) atoms. The highest BCUT2D eigenvalue weighted by Crippen LogP contribution is 2.22. The van der Waals surface area contributed by atoms with Gasteiger partial charge in [-0.15, -0.1) is 0 Å². The summed E-state index contributed by atoms with van der Waals surface area (Å²) >= 11 is 5.88. The van der Waals surface area contributed by atoms with E-state index < -0.39 is 10.0 Å². The van der Waals surface area contributed by atoms with Crippen LogP contribution in [0.25, 0.3) is 0 Å². The Bertz CT molecular complexity index is 670. The molecule has 1 aliphatic rings. The van der Waals surface area contributed by atoms with Gasteiger partial charge in [0.2, 0.25) is 10.0 Å². The molecule has 2 rings (SSSR count). The minimum absolute atomic E-state index is 0.0351. The van der Waals surface area contributed by atoms with Crippen molar-refractivity contribution in [2.24, 2.45) is 0 Å². The Morgan fingerprint density at radius 3 is 2.61 bits per heavy atom. The minimum Gasteiger partial charge on any atom is -0.483 e. The van der Waals surface area contributed by atoms with E-state index in [4.69, 9.17) is 16.3 Å². The number of likely N-dealkylation sites (tertiary alicyclic amines) is 1. The third kappa shape index (κ3) is 5.67. The first-order chi connectivity index (χ1) is 10.7. The molecule has 1 fully saturated rings. The van der Waals surface area contributed by atoms with Gasteiger partial charge in [0.25, 0.3) is 5.91 Å². The second kappa shape index (κ2) is 7.51. The Morgan fingerprint density at radius 1 is 1.39 bits per heavy atom. The maximum absolute atomic E-state index is 12.2. The molecule has 1 N–H and O–H groups in total. The van der Waals surface area contributed by atoms with Crippen molar-refractivity contribution < 1.29 is 17.9 Å². The second-order valence-electron chi connectivity index (χ2n) is 5.74. The molecular formula is C15H21ClN2O4S. The number of hydrogen-bond donors (Lipinski definition) is 1. The molecule has 6 nitrogen and oxygen atoms in total. The van der Waals surface area contributed by atoms with Crippen LogP contribution in [0.1, 0.15) is 18.4 Å². The highest BCUT2D eigenvalue weighted by atomic mass is 35.5. The smallest absolute Gasteiger partial charge is 0.260 e. The van der Waals surface area contributed by atoms with Crippen molar-refractivity contribution >= 4 is 27.5 Å². The number of carbonyl (C=O) groups is 1. The lowest BCUT2D eigenvalue weighted by molar-refractivity contribution is -0.134. The van der Waals surface area contributed by atoms with Gasteiger partial charge in [0, 0.05) is 24.2 Å². The number of amides is 1. The lowest BCUT2D eigenvalue weighted by Gasteiger charge is -2.32. The molecule has 0 spiro atoms. The number of carbonyl (C=O) groups excluding carboxylic acids is 1. The van der Waals surface area contributed by atoms with Crippen LogP contribution in [-0.4, -0.2) is 51.2 Å². The van der Waals surface area contributed by atoms with Crippen LogP contribution in [0.5, 0.6) is 5.75 Å². The molecule has 0 bridgehead atoms. The summed E-state index contributed by atoms with van der Waals surface area (Å²) in [7, 11) is -3.20. The van der Waals surface area contributed by atoms with E-state index in [-0.39, 0.29) is 18.6 Å². The highest BCUT2D eigenvalue weighted by Gasteiger charge is 2.24. The molecule has 1 aromatic carbocycles. The topological polar surface area (TPSA) is 75.7 Å². The van der Waals surface area contributed by atoms with Gasteiger partial charge in [-0.1, -0.05) is 11.6 Å². The Balaban J connectivity index is 1.81. The van der Waals surface area contributed by atoms with Crippen molar-refractivity contribution in [1.82, 2.24) is 9.62 Å². The monoisotopic (exact) mass is 360 g/mol. The van der Waals surface area contributed by atoms with E-state index in [0.717, 1.165) is 11.8 Å². The van der Waals surface area contributed by atoms with Crippen molar-refractivity contribution in [3.05, 3.63) is 28.8 Å². The first-order valence-corrected chi connectivity index (χ1v) is 9.65. The Hall–Kier alpha value is -1.31. The maximum atomic E-state index is 12.2. The number of aryl methyl sites for hydroxylation is 1. The zero-order valence-electron chi connectivity index (χ0n) is 13.2. The largest absolute Gasteiger partial charge is 0.483 e. The lowest BCUT2D eigenvalue weighted by atomic mass is 10.1. The van der Waals surface area contributed by atoms with Gasteiger partial charge >= 0.3 is 0 Å². The standard InChI is InChI=1S/C15H21ClN2O4S/c1-11-9-12(16)3-4-14(11)22-10-15(19)18-7-5-13(6-8-18)17-23(2,20)21/h3-4,9,13,17H,5-8,10H2,1-2H3. The van der Waals surface area contributed by atoms with Crippen LogP contribution in [0.4, 0.5) is 0 Å². The molecule has 1 amide bonds. The third-order valence-electron chi connectivity index (χ3n) is 3.72. The van der Waals surface area contributed by atoms with Crippen LogP contribution in [-0.2, 0) is 14.8 Å². The van der Waals surface area contributed by atoms with Gasteiger partial charge in [-0.3, -0.25) is 4.79 Å². The number of nitrogens with zero attached hydrogens (tertiary/aromatic N) is 1. The predicted molar refractivity (Wildman–Crippen MR) is 89.3 cm³/mol. The normalized spacial score (nSPS) is 16.4. The number of sulfonamides is 1. The number of rotatable bonds is 5. The van der Waals surface area contributed by atoms with E-state index in [9.17, 15) is 13.2 Å². The lowest BCUT2D eigenvalue weighted by Crippen LogP contribution is -2.47. The number of halogens is 1. The fourth-order valence-electron chi connectivity index (χ4n) is 2.56. The average Bonchev–Trinajstić information content (AvgIpc) is 2.45. The van der Waals surface area contributed by atoms with E-state index in [1.54, 1.807) is 23.1 Å². The quantitative estimate of drug-likeness (QED) is 0.864. The van der Waals surface area contributed by atoms with Crippen molar-refractivity contribution in [3.63, 3.8) is 0 Å². The zero-order valence-corrected chi connectivity index (χ0v) is 14.8. The fourth-order valence-corrected chi connectivity index (χ4v) is 3.62. The number of benzene rings is 1. The van der Waals surface area contributed by atoms with Crippen molar-refractivity contribution in [3.8, 4) is 5.75 Å². The molecule has 0 saturated carbocycles. The number of ether oxygens (including phenoxy) is 1. The van der Waals surface area contributed by atoms with Crippen molar-refractivity contribution in [1.29, 1.82) is 0 Å². The highest BCUT2D eigenvalue weighted by molar-refractivity contribution is 7.88. The number of nitrogens with one attached hydrogen (secondary N) is 1. The second-order valence-corrected chi connectivity index (χ2v) is 7.96. The first-order valence-electron chi connectivity index (χ1n) is 7.38. The summed E-state index contributed by atoms with van der Waals surface area (Å²) in [5.74, 6) is 0.536. The summed E-state index contributed by atoms with van der Waals surface area (Å²) in [6.45, 7) is 2.88. The van der Waals surface area contributed by atoms with Crippen LogP contribution in [0, 0.1) is 6.92 Å². The first kappa shape index (κ1) is 18.0. The van der Waals surface area contributed by atoms with Gasteiger partial charge in [-0.05, 0) is 43.5 Å². The van der Waals surface area contributed by atoms with Crippen LogP contribution in [0.15, 0.2) is 18.2 Å².